The highest BCUT2D eigenvalue weighted by atomic mass is 16.6. The summed E-state index contributed by atoms with van der Waals surface area (Å²) in [5.41, 5.74) is 1.32. The molecule has 0 saturated heterocycles. The van der Waals surface area contributed by atoms with E-state index < -0.39 is 18.1 Å². The minimum Gasteiger partial charge on any atom is -0.493 e. The number of carbonyl (C=O) groups is 2. The van der Waals surface area contributed by atoms with Crippen molar-refractivity contribution in [2.75, 3.05) is 20.3 Å². The van der Waals surface area contributed by atoms with E-state index in [1.807, 2.05) is 13.8 Å². The molecule has 1 aliphatic heterocycles. The lowest BCUT2D eigenvalue weighted by molar-refractivity contribution is -0.143. The average molecular weight is 349 g/mol. The summed E-state index contributed by atoms with van der Waals surface area (Å²) >= 11 is 0. The second kappa shape index (κ2) is 7.92. The number of methoxy groups -OCH3 is 1. The summed E-state index contributed by atoms with van der Waals surface area (Å²) in [5, 5.41) is 9.69. The van der Waals surface area contributed by atoms with E-state index in [0.29, 0.717) is 23.5 Å². The van der Waals surface area contributed by atoms with Crippen LogP contribution in [0.15, 0.2) is 24.8 Å². The molecule has 0 spiro atoms. The summed E-state index contributed by atoms with van der Waals surface area (Å²) in [6.45, 7) is 7.49. The largest absolute Gasteiger partial charge is 0.493 e. The standard InChI is InChI=1S/C18H23NO6/c1-5-8-24-18(22)19-7-6-12-9-14(23-4)15(25-11(2)3)10-13(12)16(19)17(20)21/h5,9-11,16H,1,6-8H2,2-4H3,(H,20,21). The van der Waals surface area contributed by atoms with Crippen LogP contribution in [0.4, 0.5) is 4.79 Å². The molecule has 1 N–H and O–H groups in total. The number of hydrogen-bond acceptors (Lipinski definition) is 5. The Hall–Kier alpha value is -2.70. The van der Waals surface area contributed by atoms with Gasteiger partial charge in [0.1, 0.15) is 6.61 Å². The first-order chi connectivity index (χ1) is 11.9. The number of nitrogens with zero attached hydrogens (tertiary/aromatic N) is 1. The molecule has 0 aromatic heterocycles. The minimum absolute atomic E-state index is 0.0266. The Morgan fingerprint density at radius 3 is 2.68 bits per heavy atom. The Balaban J connectivity index is 2.44. The van der Waals surface area contributed by atoms with Crippen LogP contribution in [0.1, 0.15) is 31.0 Å². The molecule has 0 bridgehead atoms. The van der Waals surface area contributed by atoms with Crippen LogP contribution in [-0.2, 0) is 16.0 Å². The second-order valence-electron chi connectivity index (χ2n) is 5.92. The van der Waals surface area contributed by atoms with Gasteiger partial charge < -0.3 is 19.3 Å². The highest BCUT2D eigenvalue weighted by Crippen LogP contribution is 2.39. The Labute approximate surface area is 146 Å². The van der Waals surface area contributed by atoms with Crippen molar-refractivity contribution in [1.82, 2.24) is 4.90 Å². The number of amides is 1. The first-order valence-electron chi connectivity index (χ1n) is 8.03. The number of carbonyl (C=O) groups excluding carboxylic acids is 1. The summed E-state index contributed by atoms with van der Waals surface area (Å²) < 4.78 is 16.1. The molecule has 136 valence electrons. The van der Waals surface area contributed by atoms with Crippen molar-refractivity contribution >= 4 is 12.1 Å². The van der Waals surface area contributed by atoms with E-state index in [-0.39, 0.29) is 19.3 Å². The van der Waals surface area contributed by atoms with E-state index in [9.17, 15) is 14.7 Å². The van der Waals surface area contributed by atoms with Crippen LogP contribution in [0.5, 0.6) is 11.5 Å². The van der Waals surface area contributed by atoms with Gasteiger partial charge in [0, 0.05) is 6.54 Å². The molecule has 2 rings (SSSR count). The fraction of sp³-hybridized carbons (Fsp3) is 0.444. The van der Waals surface area contributed by atoms with Crippen molar-refractivity contribution in [2.45, 2.75) is 32.4 Å². The zero-order chi connectivity index (χ0) is 18.6. The number of aliphatic carboxylic acids is 1. The number of hydrogen-bond donors (Lipinski definition) is 1. The van der Waals surface area contributed by atoms with Crippen LogP contribution in [0.2, 0.25) is 0 Å². The van der Waals surface area contributed by atoms with Crippen molar-refractivity contribution in [3.8, 4) is 11.5 Å². The van der Waals surface area contributed by atoms with Crippen molar-refractivity contribution in [3.63, 3.8) is 0 Å². The van der Waals surface area contributed by atoms with Crippen LogP contribution in [-0.4, -0.2) is 48.4 Å². The lowest BCUT2D eigenvalue weighted by Gasteiger charge is -2.34. The van der Waals surface area contributed by atoms with Crippen LogP contribution in [0.3, 0.4) is 0 Å². The molecule has 7 nitrogen and oxygen atoms in total. The molecular weight excluding hydrogens is 326 g/mol. The molecule has 0 fully saturated rings. The Bertz CT molecular complexity index is 670. The highest BCUT2D eigenvalue weighted by Gasteiger charge is 2.37. The van der Waals surface area contributed by atoms with Gasteiger partial charge in [-0.1, -0.05) is 12.7 Å². The quantitative estimate of drug-likeness (QED) is 0.795. The van der Waals surface area contributed by atoms with E-state index in [1.165, 1.54) is 18.1 Å². The number of carboxylic acid groups (broad SMARTS) is 1. The molecule has 0 saturated carbocycles. The molecule has 1 aromatic carbocycles. The Morgan fingerprint density at radius 1 is 1.40 bits per heavy atom. The van der Waals surface area contributed by atoms with Crippen molar-refractivity contribution < 1.29 is 28.9 Å². The molecule has 1 atom stereocenters. The third kappa shape index (κ3) is 4.04. The van der Waals surface area contributed by atoms with Gasteiger partial charge in [-0.05, 0) is 43.5 Å². The van der Waals surface area contributed by atoms with Crippen LogP contribution < -0.4 is 9.47 Å². The zero-order valence-electron chi connectivity index (χ0n) is 14.7. The Kier molecular flexibility index (Phi) is 5.90. The van der Waals surface area contributed by atoms with Crippen LogP contribution in [0.25, 0.3) is 0 Å². The summed E-state index contributed by atoms with van der Waals surface area (Å²) in [6, 6.07) is 2.27. The van der Waals surface area contributed by atoms with Gasteiger partial charge >= 0.3 is 12.1 Å². The number of carboxylic acids is 1. The van der Waals surface area contributed by atoms with Gasteiger partial charge in [-0.25, -0.2) is 9.59 Å². The maximum absolute atomic E-state index is 12.2. The van der Waals surface area contributed by atoms with Gasteiger partial charge in [0.05, 0.1) is 13.2 Å². The summed E-state index contributed by atoms with van der Waals surface area (Å²) in [7, 11) is 1.53. The van der Waals surface area contributed by atoms with Gasteiger partial charge in [0.25, 0.3) is 0 Å². The molecule has 1 aliphatic rings. The topological polar surface area (TPSA) is 85.3 Å². The van der Waals surface area contributed by atoms with Gasteiger partial charge in [-0.3, -0.25) is 4.90 Å². The average Bonchev–Trinajstić information content (AvgIpc) is 2.57. The van der Waals surface area contributed by atoms with Crippen LogP contribution in [0, 0.1) is 0 Å². The van der Waals surface area contributed by atoms with Gasteiger partial charge in [-0.15, -0.1) is 0 Å². The number of ether oxygens (including phenoxy) is 3. The second-order valence-corrected chi connectivity index (χ2v) is 5.92. The normalized spacial score (nSPS) is 16.2. The fourth-order valence-corrected chi connectivity index (χ4v) is 2.81. The third-order valence-corrected chi connectivity index (χ3v) is 3.81. The maximum Gasteiger partial charge on any atom is 0.411 e. The monoisotopic (exact) mass is 349 g/mol. The smallest absolute Gasteiger partial charge is 0.411 e. The molecule has 0 aliphatic carbocycles. The first-order valence-corrected chi connectivity index (χ1v) is 8.03. The first kappa shape index (κ1) is 18.6. The van der Waals surface area contributed by atoms with E-state index in [0.717, 1.165) is 5.56 Å². The van der Waals surface area contributed by atoms with Crippen molar-refractivity contribution in [1.29, 1.82) is 0 Å². The molecule has 1 unspecified atom stereocenters. The fourth-order valence-electron chi connectivity index (χ4n) is 2.81. The molecule has 1 aromatic rings. The van der Waals surface area contributed by atoms with Crippen molar-refractivity contribution in [2.24, 2.45) is 0 Å². The van der Waals surface area contributed by atoms with E-state index in [1.54, 1.807) is 12.1 Å². The van der Waals surface area contributed by atoms with E-state index in [2.05, 4.69) is 6.58 Å². The minimum atomic E-state index is -1.14. The summed E-state index contributed by atoms with van der Waals surface area (Å²) in [6.07, 6.45) is 1.15. The maximum atomic E-state index is 12.2. The SMILES string of the molecule is C=CCOC(=O)N1CCc2cc(OC)c(OC(C)C)cc2C1C(=O)O. The number of rotatable bonds is 6. The third-order valence-electron chi connectivity index (χ3n) is 3.81. The predicted molar refractivity (Wildman–Crippen MR) is 91.1 cm³/mol. The summed E-state index contributed by atoms with van der Waals surface area (Å²) in [4.78, 5) is 25.3. The molecule has 1 heterocycles. The number of benzene rings is 1. The highest BCUT2D eigenvalue weighted by molar-refractivity contribution is 5.83. The van der Waals surface area contributed by atoms with Gasteiger partial charge in [0.15, 0.2) is 17.5 Å². The molecule has 0 radical (unpaired) electrons. The number of fused-ring (bicyclic) bond motifs is 1. The molecule has 1 amide bonds. The molecular formula is C18H23NO6. The van der Waals surface area contributed by atoms with Gasteiger partial charge in [-0.2, -0.15) is 0 Å². The summed E-state index contributed by atoms with van der Waals surface area (Å²) in [5.74, 6) is -0.139. The van der Waals surface area contributed by atoms with E-state index >= 15 is 0 Å². The lowest BCUT2D eigenvalue weighted by Crippen LogP contribution is -2.43. The Morgan fingerprint density at radius 2 is 2.12 bits per heavy atom. The van der Waals surface area contributed by atoms with Crippen LogP contribution >= 0.6 is 0 Å². The van der Waals surface area contributed by atoms with Gasteiger partial charge in [0.2, 0.25) is 0 Å². The van der Waals surface area contributed by atoms with Crippen molar-refractivity contribution in [3.05, 3.63) is 35.9 Å². The zero-order valence-corrected chi connectivity index (χ0v) is 14.7. The molecule has 7 heteroatoms. The predicted octanol–water partition coefficient (Wildman–Crippen LogP) is 2.79. The lowest BCUT2D eigenvalue weighted by atomic mass is 9.92. The molecule has 25 heavy (non-hydrogen) atoms. The van der Waals surface area contributed by atoms with E-state index in [4.69, 9.17) is 14.2 Å².